The van der Waals surface area contributed by atoms with Crippen molar-refractivity contribution in [3.05, 3.63) is 46.7 Å². The van der Waals surface area contributed by atoms with Gasteiger partial charge in [0.2, 0.25) is 10.0 Å². The average molecular weight is 410 g/mol. The summed E-state index contributed by atoms with van der Waals surface area (Å²) >= 11 is 5.87. The maximum absolute atomic E-state index is 12.7. The fraction of sp³-hybridized carbons (Fsp3) is 0.444. The van der Waals surface area contributed by atoms with Crippen LogP contribution in [0.15, 0.2) is 30.3 Å². The van der Waals surface area contributed by atoms with E-state index in [1.165, 1.54) is 0 Å². The van der Waals surface area contributed by atoms with Crippen molar-refractivity contribution in [3.8, 4) is 0 Å². The van der Waals surface area contributed by atoms with Crippen LogP contribution in [0.5, 0.6) is 0 Å². The molecule has 0 unspecified atom stereocenters. The molecule has 1 N–H and O–H groups in total. The van der Waals surface area contributed by atoms with Gasteiger partial charge in [-0.25, -0.2) is 18.4 Å². The number of benzene rings is 1. The number of halogens is 1. The molecular weight excluding hydrogens is 386 g/mol. The van der Waals surface area contributed by atoms with Gasteiger partial charge in [-0.1, -0.05) is 23.7 Å². The first kappa shape index (κ1) is 19.9. The van der Waals surface area contributed by atoms with Gasteiger partial charge in [-0.3, -0.25) is 0 Å². The van der Waals surface area contributed by atoms with Crippen molar-refractivity contribution in [1.29, 1.82) is 0 Å². The summed E-state index contributed by atoms with van der Waals surface area (Å²) in [7, 11) is -3.36. The summed E-state index contributed by atoms with van der Waals surface area (Å²) in [5.74, 6) is 2.30. The van der Waals surface area contributed by atoms with Crippen molar-refractivity contribution in [1.82, 2.24) is 14.3 Å². The minimum absolute atomic E-state index is 0.0125. The first-order valence-electron chi connectivity index (χ1n) is 8.94. The van der Waals surface area contributed by atoms with Gasteiger partial charge in [-0.15, -0.1) is 0 Å². The summed E-state index contributed by atoms with van der Waals surface area (Å²) in [6.45, 7) is 6.74. The van der Waals surface area contributed by atoms with Gasteiger partial charge in [0.25, 0.3) is 0 Å². The van der Waals surface area contributed by atoms with Gasteiger partial charge in [0.15, 0.2) is 0 Å². The van der Waals surface area contributed by atoms with Crippen molar-refractivity contribution in [2.45, 2.75) is 19.6 Å². The third kappa shape index (κ3) is 5.09. The molecule has 2 aromatic rings. The van der Waals surface area contributed by atoms with Crippen LogP contribution in [0.25, 0.3) is 0 Å². The molecule has 27 heavy (non-hydrogen) atoms. The number of nitrogens with one attached hydrogen (secondary N) is 1. The normalized spacial score (nSPS) is 15.7. The summed E-state index contributed by atoms with van der Waals surface area (Å²) in [6, 6.07) is 8.84. The third-order valence-corrected chi connectivity index (χ3v) is 6.50. The Hall–Kier alpha value is -1.90. The maximum Gasteiger partial charge on any atom is 0.218 e. The molecule has 2 heterocycles. The number of anilines is 2. The molecule has 0 atom stereocenters. The van der Waals surface area contributed by atoms with Crippen molar-refractivity contribution >= 4 is 33.3 Å². The Kier molecular flexibility index (Phi) is 6.18. The van der Waals surface area contributed by atoms with Crippen LogP contribution < -0.4 is 10.2 Å². The smallest absolute Gasteiger partial charge is 0.218 e. The van der Waals surface area contributed by atoms with Gasteiger partial charge in [0.1, 0.15) is 17.5 Å². The number of aromatic nitrogens is 2. The van der Waals surface area contributed by atoms with E-state index in [1.54, 1.807) is 28.6 Å². The molecule has 1 aromatic carbocycles. The molecule has 146 valence electrons. The summed E-state index contributed by atoms with van der Waals surface area (Å²) in [5, 5.41) is 3.80. The summed E-state index contributed by atoms with van der Waals surface area (Å²) < 4.78 is 27.0. The Balaban J connectivity index is 1.65. The molecule has 0 aliphatic carbocycles. The van der Waals surface area contributed by atoms with E-state index in [0.717, 1.165) is 23.7 Å². The minimum atomic E-state index is -3.36. The lowest BCUT2D eigenvalue weighted by molar-refractivity contribution is 0.383. The Labute approximate surface area is 165 Å². The predicted octanol–water partition coefficient (Wildman–Crippen LogP) is 2.52. The zero-order chi connectivity index (χ0) is 19.4. The van der Waals surface area contributed by atoms with Crippen LogP contribution in [0, 0.1) is 6.92 Å². The van der Waals surface area contributed by atoms with Gasteiger partial charge >= 0.3 is 0 Å². The Bertz CT molecular complexity index is 881. The second-order valence-electron chi connectivity index (χ2n) is 6.46. The number of piperazine rings is 1. The lowest BCUT2D eigenvalue weighted by Gasteiger charge is -2.34. The number of hydrogen-bond donors (Lipinski definition) is 1. The van der Waals surface area contributed by atoms with Crippen LogP contribution in [-0.2, 0) is 15.8 Å². The molecule has 0 radical (unpaired) electrons. The standard InChI is InChI=1S/C18H24ClN5O2S/c1-3-20-17-12-18(22-14(2)21-17)23-8-10-24(11-9-23)27(25,26)13-15-4-6-16(19)7-5-15/h4-7,12H,3,8-11,13H2,1-2H3,(H,20,21,22). The molecule has 7 nitrogen and oxygen atoms in total. The molecule has 1 fully saturated rings. The first-order chi connectivity index (χ1) is 12.9. The monoisotopic (exact) mass is 409 g/mol. The van der Waals surface area contributed by atoms with Crippen molar-refractivity contribution in [2.75, 3.05) is 42.9 Å². The molecule has 0 saturated carbocycles. The Morgan fingerprint density at radius 3 is 2.41 bits per heavy atom. The van der Waals surface area contributed by atoms with Crippen LogP contribution in [-0.4, -0.2) is 55.4 Å². The molecule has 1 aliphatic heterocycles. The number of rotatable bonds is 6. The highest BCUT2D eigenvalue weighted by Gasteiger charge is 2.27. The minimum Gasteiger partial charge on any atom is -0.370 e. The van der Waals surface area contributed by atoms with Crippen molar-refractivity contribution < 1.29 is 8.42 Å². The first-order valence-corrected chi connectivity index (χ1v) is 10.9. The van der Waals surface area contributed by atoms with Crippen LogP contribution in [0.3, 0.4) is 0 Å². The number of sulfonamides is 1. The van der Waals surface area contributed by atoms with E-state index in [9.17, 15) is 8.42 Å². The second kappa shape index (κ2) is 8.41. The highest BCUT2D eigenvalue weighted by Crippen LogP contribution is 2.20. The fourth-order valence-electron chi connectivity index (χ4n) is 3.06. The van der Waals surface area contributed by atoms with Gasteiger partial charge in [0.05, 0.1) is 5.75 Å². The van der Waals surface area contributed by atoms with E-state index >= 15 is 0 Å². The van der Waals surface area contributed by atoms with E-state index in [1.807, 2.05) is 19.9 Å². The van der Waals surface area contributed by atoms with Crippen LogP contribution in [0.1, 0.15) is 18.3 Å². The van der Waals surface area contributed by atoms with Gasteiger partial charge in [-0.2, -0.15) is 4.31 Å². The summed E-state index contributed by atoms with van der Waals surface area (Å²) in [6.07, 6.45) is 0. The highest BCUT2D eigenvalue weighted by molar-refractivity contribution is 7.88. The fourth-order valence-corrected chi connectivity index (χ4v) is 4.71. The second-order valence-corrected chi connectivity index (χ2v) is 8.86. The van der Waals surface area contributed by atoms with Crippen molar-refractivity contribution in [2.24, 2.45) is 0 Å². The number of nitrogens with zero attached hydrogens (tertiary/aromatic N) is 4. The van der Waals surface area contributed by atoms with Crippen LogP contribution >= 0.6 is 11.6 Å². The molecule has 3 rings (SSSR count). The van der Waals surface area contributed by atoms with Crippen molar-refractivity contribution in [3.63, 3.8) is 0 Å². The van der Waals surface area contributed by atoms with E-state index in [0.29, 0.717) is 37.0 Å². The largest absolute Gasteiger partial charge is 0.370 e. The van der Waals surface area contributed by atoms with E-state index in [-0.39, 0.29) is 5.75 Å². The molecule has 0 amide bonds. The van der Waals surface area contributed by atoms with Crippen LogP contribution in [0.4, 0.5) is 11.6 Å². The van der Waals surface area contributed by atoms with Gasteiger partial charge < -0.3 is 10.2 Å². The molecule has 0 spiro atoms. The zero-order valence-corrected chi connectivity index (χ0v) is 17.1. The molecule has 1 aromatic heterocycles. The topological polar surface area (TPSA) is 78.4 Å². The Morgan fingerprint density at radius 1 is 1.11 bits per heavy atom. The predicted molar refractivity (Wildman–Crippen MR) is 109 cm³/mol. The lowest BCUT2D eigenvalue weighted by atomic mass is 10.2. The third-order valence-electron chi connectivity index (χ3n) is 4.40. The number of aryl methyl sites for hydroxylation is 1. The van der Waals surface area contributed by atoms with E-state index in [2.05, 4.69) is 20.2 Å². The van der Waals surface area contributed by atoms with E-state index in [4.69, 9.17) is 11.6 Å². The SMILES string of the molecule is CCNc1cc(N2CCN(S(=O)(=O)Cc3ccc(Cl)cc3)CC2)nc(C)n1. The van der Waals surface area contributed by atoms with E-state index < -0.39 is 10.0 Å². The van der Waals surface area contributed by atoms with Gasteiger partial charge in [0, 0.05) is 43.8 Å². The molecule has 1 saturated heterocycles. The van der Waals surface area contributed by atoms with Gasteiger partial charge in [-0.05, 0) is 31.5 Å². The molecule has 0 bridgehead atoms. The molecular formula is C18H24ClN5O2S. The van der Waals surface area contributed by atoms with Crippen LogP contribution in [0.2, 0.25) is 5.02 Å². The zero-order valence-electron chi connectivity index (χ0n) is 15.5. The highest BCUT2D eigenvalue weighted by atomic mass is 35.5. The molecule has 9 heteroatoms. The number of hydrogen-bond acceptors (Lipinski definition) is 6. The lowest BCUT2D eigenvalue weighted by Crippen LogP contribution is -2.49. The Morgan fingerprint density at radius 2 is 1.78 bits per heavy atom. The summed E-state index contributed by atoms with van der Waals surface area (Å²) in [4.78, 5) is 11.0. The molecule has 1 aliphatic rings. The summed E-state index contributed by atoms with van der Waals surface area (Å²) in [5.41, 5.74) is 0.739. The maximum atomic E-state index is 12.7. The average Bonchev–Trinajstić information content (AvgIpc) is 2.63. The quantitative estimate of drug-likeness (QED) is 0.789.